The van der Waals surface area contributed by atoms with Gasteiger partial charge in [-0.1, -0.05) is 42.8 Å². The van der Waals surface area contributed by atoms with Gasteiger partial charge in [0, 0.05) is 34.3 Å². The molecule has 2 rings (SSSR count). The van der Waals surface area contributed by atoms with Crippen molar-refractivity contribution in [2.24, 2.45) is 0 Å². The van der Waals surface area contributed by atoms with Crippen LogP contribution in [-0.2, 0) is 0 Å². The number of nitrogens with zero attached hydrogens (tertiary/aromatic N) is 1. The predicted octanol–water partition coefficient (Wildman–Crippen LogP) is 4.89. The van der Waals surface area contributed by atoms with Crippen molar-refractivity contribution < 1.29 is 0 Å². The Kier molecular flexibility index (Phi) is 5.02. The van der Waals surface area contributed by atoms with Gasteiger partial charge in [0.2, 0.25) is 0 Å². The predicted molar refractivity (Wildman–Crippen MR) is 90.9 cm³/mol. The molecule has 0 unspecified atom stereocenters. The van der Waals surface area contributed by atoms with Gasteiger partial charge < -0.3 is 5.32 Å². The van der Waals surface area contributed by atoms with E-state index in [0.717, 1.165) is 28.5 Å². The van der Waals surface area contributed by atoms with Gasteiger partial charge in [0.15, 0.2) is 0 Å². The fourth-order valence-electron chi connectivity index (χ4n) is 2.11. The Morgan fingerprint density at radius 3 is 2.48 bits per heavy atom. The molecule has 0 saturated carbocycles. The minimum Gasteiger partial charge on any atom is -0.311 e. The smallest absolute Gasteiger partial charge is 0.0720 e. The first-order chi connectivity index (χ1) is 9.87. The van der Waals surface area contributed by atoms with Crippen LogP contribution in [0.25, 0.3) is 11.3 Å². The van der Waals surface area contributed by atoms with Gasteiger partial charge in [0.05, 0.1) is 5.69 Å². The topological polar surface area (TPSA) is 24.9 Å². The van der Waals surface area contributed by atoms with E-state index in [2.05, 4.69) is 45.1 Å². The lowest BCUT2D eigenvalue weighted by Gasteiger charge is -2.23. The van der Waals surface area contributed by atoms with E-state index in [1.807, 2.05) is 30.3 Å². The molecule has 1 aromatic heterocycles. The van der Waals surface area contributed by atoms with Crippen LogP contribution in [0, 0.1) is 0 Å². The van der Waals surface area contributed by atoms with Gasteiger partial charge in [-0.25, -0.2) is 0 Å². The van der Waals surface area contributed by atoms with E-state index >= 15 is 0 Å². The van der Waals surface area contributed by atoms with E-state index in [1.165, 1.54) is 0 Å². The Morgan fingerprint density at radius 2 is 1.81 bits per heavy atom. The van der Waals surface area contributed by atoms with Gasteiger partial charge in [-0.05, 0) is 39.0 Å². The van der Waals surface area contributed by atoms with E-state index < -0.39 is 0 Å². The quantitative estimate of drug-likeness (QED) is 0.869. The first-order valence-corrected chi connectivity index (χ1v) is 7.71. The molecule has 0 aliphatic rings. The van der Waals surface area contributed by atoms with E-state index in [1.54, 1.807) is 0 Å². The maximum atomic E-state index is 6.26. The molecule has 0 amide bonds. The average Bonchev–Trinajstić information content (AvgIpc) is 2.44. The third kappa shape index (κ3) is 4.55. The maximum absolute atomic E-state index is 6.26. The van der Waals surface area contributed by atoms with Gasteiger partial charge in [-0.2, -0.15) is 0 Å². The molecule has 0 aliphatic carbocycles. The largest absolute Gasteiger partial charge is 0.311 e. The second-order valence-corrected chi connectivity index (χ2v) is 6.87. The molecule has 21 heavy (non-hydrogen) atoms. The molecule has 3 heteroatoms. The Hall–Kier alpha value is -1.38. The second-order valence-electron chi connectivity index (χ2n) is 6.46. The lowest BCUT2D eigenvalue weighted by molar-refractivity contribution is 0.410. The molecule has 2 nitrogen and oxygen atoms in total. The molecule has 2 aromatic rings. The summed E-state index contributed by atoms with van der Waals surface area (Å²) in [5.41, 5.74) is 3.12. The summed E-state index contributed by atoms with van der Waals surface area (Å²) >= 11 is 6.26. The van der Waals surface area contributed by atoms with Crippen LogP contribution in [0.15, 0.2) is 42.5 Å². The molecule has 1 heterocycles. The van der Waals surface area contributed by atoms with Gasteiger partial charge in [0.25, 0.3) is 0 Å². The highest BCUT2D eigenvalue weighted by Gasteiger charge is 2.14. The molecule has 0 fully saturated rings. The minimum atomic E-state index is 0.120. The summed E-state index contributed by atoms with van der Waals surface area (Å²) in [6, 6.07) is 14.0. The summed E-state index contributed by atoms with van der Waals surface area (Å²) < 4.78 is 0. The molecule has 112 valence electrons. The number of aromatic nitrogens is 1. The van der Waals surface area contributed by atoms with Gasteiger partial charge in [-0.15, -0.1) is 0 Å². The molecule has 1 atom stereocenters. The number of benzene rings is 1. The standard InChI is InChI=1S/C18H23ClN2/c1-13(12-20-18(2,3)4)16-10-7-11-17(21-16)14-8-5-6-9-15(14)19/h5-11,13,20H,12H2,1-4H3/t13-/m1/s1. The van der Waals surface area contributed by atoms with E-state index in [4.69, 9.17) is 16.6 Å². The summed E-state index contributed by atoms with van der Waals surface area (Å²) in [6.07, 6.45) is 0. The molecular formula is C18H23ClN2. The number of hydrogen-bond acceptors (Lipinski definition) is 2. The van der Waals surface area contributed by atoms with Crippen molar-refractivity contribution >= 4 is 11.6 Å². The highest BCUT2D eigenvalue weighted by Crippen LogP contribution is 2.27. The van der Waals surface area contributed by atoms with E-state index in [-0.39, 0.29) is 5.54 Å². The van der Waals surface area contributed by atoms with Crippen LogP contribution in [0.5, 0.6) is 0 Å². The molecule has 0 bridgehead atoms. The maximum Gasteiger partial charge on any atom is 0.0720 e. The molecule has 0 saturated heterocycles. The Bertz CT molecular complexity index is 602. The first kappa shape index (κ1) is 16.0. The number of rotatable bonds is 4. The van der Waals surface area contributed by atoms with Crippen molar-refractivity contribution in [1.29, 1.82) is 0 Å². The minimum absolute atomic E-state index is 0.120. The number of halogens is 1. The molecule has 0 aliphatic heterocycles. The van der Waals surface area contributed by atoms with Crippen molar-refractivity contribution in [1.82, 2.24) is 10.3 Å². The fourth-order valence-corrected chi connectivity index (χ4v) is 2.34. The highest BCUT2D eigenvalue weighted by molar-refractivity contribution is 6.33. The van der Waals surface area contributed by atoms with Crippen LogP contribution >= 0.6 is 11.6 Å². The van der Waals surface area contributed by atoms with Gasteiger partial charge >= 0.3 is 0 Å². The van der Waals surface area contributed by atoms with E-state index in [9.17, 15) is 0 Å². The SMILES string of the molecule is C[C@H](CNC(C)(C)C)c1cccc(-c2ccccc2Cl)n1. The number of nitrogens with one attached hydrogen (secondary N) is 1. The molecule has 0 spiro atoms. The lowest BCUT2D eigenvalue weighted by atomic mass is 10.0. The van der Waals surface area contributed by atoms with Crippen molar-refractivity contribution in [3.05, 3.63) is 53.2 Å². The van der Waals surface area contributed by atoms with Crippen LogP contribution in [0.4, 0.5) is 0 Å². The summed E-state index contributed by atoms with van der Waals surface area (Å²) in [7, 11) is 0. The summed E-state index contributed by atoms with van der Waals surface area (Å²) in [5.74, 6) is 0.353. The molecular weight excluding hydrogens is 280 g/mol. The summed E-state index contributed by atoms with van der Waals surface area (Å²) in [5, 5.41) is 4.26. The van der Waals surface area contributed by atoms with E-state index in [0.29, 0.717) is 5.92 Å². The van der Waals surface area contributed by atoms with Crippen molar-refractivity contribution in [2.45, 2.75) is 39.2 Å². The normalized spacial score (nSPS) is 13.2. The monoisotopic (exact) mass is 302 g/mol. The zero-order valence-electron chi connectivity index (χ0n) is 13.2. The van der Waals surface area contributed by atoms with Crippen LogP contribution in [0.2, 0.25) is 5.02 Å². The average molecular weight is 303 g/mol. The highest BCUT2D eigenvalue weighted by atomic mass is 35.5. The zero-order chi connectivity index (χ0) is 15.5. The lowest BCUT2D eigenvalue weighted by Crippen LogP contribution is -2.38. The third-order valence-electron chi connectivity index (χ3n) is 3.36. The van der Waals surface area contributed by atoms with Crippen LogP contribution in [0.1, 0.15) is 39.3 Å². The summed E-state index contributed by atoms with van der Waals surface area (Å²) in [4.78, 5) is 4.78. The Labute approximate surface area is 132 Å². The van der Waals surface area contributed by atoms with Crippen LogP contribution in [0.3, 0.4) is 0 Å². The van der Waals surface area contributed by atoms with Crippen molar-refractivity contribution in [2.75, 3.05) is 6.54 Å². The number of hydrogen-bond donors (Lipinski definition) is 1. The Morgan fingerprint density at radius 1 is 1.10 bits per heavy atom. The van der Waals surface area contributed by atoms with Crippen LogP contribution < -0.4 is 5.32 Å². The van der Waals surface area contributed by atoms with Crippen LogP contribution in [-0.4, -0.2) is 17.1 Å². The molecule has 0 radical (unpaired) electrons. The van der Waals surface area contributed by atoms with Gasteiger partial charge in [0.1, 0.15) is 0 Å². The zero-order valence-corrected chi connectivity index (χ0v) is 13.9. The molecule has 1 N–H and O–H groups in total. The fraction of sp³-hybridized carbons (Fsp3) is 0.389. The second kappa shape index (κ2) is 6.59. The van der Waals surface area contributed by atoms with Gasteiger partial charge in [-0.3, -0.25) is 4.98 Å². The first-order valence-electron chi connectivity index (χ1n) is 7.34. The van der Waals surface area contributed by atoms with Crippen molar-refractivity contribution in [3.63, 3.8) is 0 Å². The number of pyridine rings is 1. The third-order valence-corrected chi connectivity index (χ3v) is 3.69. The summed E-state index contributed by atoms with van der Waals surface area (Å²) in [6.45, 7) is 9.62. The Balaban J connectivity index is 2.20. The molecule has 1 aromatic carbocycles. The van der Waals surface area contributed by atoms with Crippen molar-refractivity contribution in [3.8, 4) is 11.3 Å².